The molecule has 0 aliphatic carbocycles. The van der Waals surface area contributed by atoms with Gasteiger partial charge in [-0.3, -0.25) is 4.79 Å². The summed E-state index contributed by atoms with van der Waals surface area (Å²) >= 11 is 0. The molecule has 2 aromatic carbocycles. The minimum Gasteiger partial charge on any atom is -0.493 e. The summed E-state index contributed by atoms with van der Waals surface area (Å²) in [4.78, 5) is 12.0. The molecule has 5 heteroatoms. The van der Waals surface area contributed by atoms with Crippen molar-refractivity contribution in [2.24, 2.45) is 5.92 Å². The predicted octanol–water partition coefficient (Wildman–Crippen LogP) is 4.25. The number of halogens is 2. The number of hydrogen-bond donors (Lipinski definition) is 1. The van der Waals surface area contributed by atoms with Gasteiger partial charge in [-0.15, -0.1) is 0 Å². The second kappa shape index (κ2) is 7.02. The molecule has 0 aliphatic rings. The molecule has 3 nitrogen and oxygen atoms in total. The molecule has 0 spiro atoms. The lowest BCUT2D eigenvalue weighted by molar-refractivity contribution is 0.102. The lowest BCUT2D eigenvalue weighted by Crippen LogP contribution is -2.13. The Labute approximate surface area is 127 Å². The Balaban J connectivity index is 2.03. The van der Waals surface area contributed by atoms with E-state index < -0.39 is 17.5 Å². The standard InChI is InChI=1S/C17H17F2NO2/c1-11(2)10-22-14-6-3-12(4-7-14)17(21)20-16-8-5-13(18)9-15(16)19/h3-9,11H,10H2,1-2H3,(H,20,21). The summed E-state index contributed by atoms with van der Waals surface area (Å²) in [6, 6.07) is 9.53. The van der Waals surface area contributed by atoms with Crippen LogP contribution in [0.1, 0.15) is 24.2 Å². The van der Waals surface area contributed by atoms with Gasteiger partial charge in [0.25, 0.3) is 5.91 Å². The molecule has 1 N–H and O–H groups in total. The fourth-order valence-corrected chi connectivity index (χ4v) is 1.75. The van der Waals surface area contributed by atoms with E-state index in [0.717, 1.165) is 12.1 Å². The number of amides is 1. The molecule has 0 atom stereocenters. The fraction of sp³-hybridized carbons (Fsp3) is 0.235. The van der Waals surface area contributed by atoms with Crippen molar-refractivity contribution in [3.63, 3.8) is 0 Å². The van der Waals surface area contributed by atoms with Crippen molar-refractivity contribution in [3.05, 3.63) is 59.7 Å². The summed E-state index contributed by atoms with van der Waals surface area (Å²) < 4.78 is 31.8. The second-order valence-electron chi connectivity index (χ2n) is 5.31. The monoisotopic (exact) mass is 305 g/mol. The van der Waals surface area contributed by atoms with Gasteiger partial charge in [0.2, 0.25) is 0 Å². The summed E-state index contributed by atoms with van der Waals surface area (Å²) in [7, 11) is 0. The van der Waals surface area contributed by atoms with Crippen molar-refractivity contribution >= 4 is 11.6 Å². The van der Waals surface area contributed by atoms with Crippen LogP contribution < -0.4 is 10.1 Å². The van der Waals surface area contributed by atoms with Gasteiger partial charge in [0, 0.05) is 11.6 Å². The third kappa shape index (κ3) is 4.28. The normalized spacial score (nSPS) is 10.6. The highest BCUT2D eigenvalue weighted by Crippen LogP contribution is 2.18. The molecule has 0 saturated heterocycles. The van der Waals surface area contributed by atoms with E-state index in [0.29, 0.717) is 23.8 Å². The van der Waals surface area contributed by atoms with Crippen molar-refractivity contribution in [3.8, 4) is 5.75 Å². The topological polar surface area (TPSA) is 38.3 Å². The molecule has 0 saturated carbocycles. The van der Waals surface area contributed by atoms with Crippen LogP contribution >= 0.6 is 0 Å². The van der Waals surface area contributed by atoms with Crippen LogP contribution in [0.15, 0.2) is 42.5 Å². The third-order valence-corrected chi connectivity index (χ3v) is 2.88. The zero-order valence-corrected chi connectivity index (χ0v) is 12.4. The lowest BCUT2D eigenvalue weighted by atomic mass is 10.2. The Kier molecular flexibility index (Phi) is 5.09. The van der Waals surface area contributed by atoms with Crippen LogP contribution in [0.5, 0.6) is 5.75 Å². The van der Waals surface area contributed by atoms with E-state index in [1.807, 2.05) is 13.8 Å². The van der Waals surface area contributed by atoms with Gasteiger partial charge in [-0.25, -0.2) is 8.78 Å². The van der Waals surface area contributed by atoms with E-state index in [1.165, 1.54) is 6.07 Å². The molecule has 2 rings (SSSR count). The van der Waals surface area contributed by atoms with Crippen LogP contribution in [0.3, 0.4) is 0 Å². The third-order valence-electron chi connectivity index (χ3n) is 2.88. The number of benzene rings is 2. The smallest absolute Gasteiger partial charge is 0.255 e. The molecule has 0 fully saturated rings. The van der Waals surface area contributed by atoms with E-state index in [4.69, 9.17) is 4.74 Å². The van der Waals surface area contributed by atoms with Crippen LogP contribution in [0, 0.1) is 17.6 Å². The van der Waals surface area contributed by atoms with Crippen molar-refractivity contribution < 1.29 is 18.3 Å². The number of carbonyl (C=O) groups excluding carboxylic acids is 1. The fourth-order valence-electron chi connectivity index (χ4n) is 1.75. The minimum atomic E-state index is -0.815. The number of hydrogen-bond acceptors (Lipinski definition) is 2. The highest BCUT2D eigenvalue weighted by molar-refractivity contribution is 6.04. The summed E-state index contributed by atoms with van der Waals surface area (Å²) in [5.41, 5.74) is 0.298. The molecule has 0 unspecified atom stereocenters. The van der Waals surface area contributed by atoms with Crippen LogP contribution in [0.4, 0.5) is 14.5 Å². The van der Waals surface area contributed by atoms with Crippen LogP contribution in [-0.2, 0) is 0 Å². The Hall–Kier alpha value is -2.43. The van der Waals surface area contributed by atoms with E-state index in [1.54, 1.807) is 24.3 Å². The van der Waals surface area contributed by atoms with Gasteiger partial charge in [0.1, 0.15) is 17.4 Å². The van der Waals surface area contributed by atoms with Gasteiger partial charge in [-0.05, 0) is 42.3 Å². The van der Waals surface area contributed by atoms with Gasteiger partial charge in [-0.1, -0.05) is 13.8 Å². The molecule has 2 aromatic rings. The van der Waals surface area contributed by atoms with E-state index in [2.05, 4.69) is 5.32 Å². The number of carbonyl (C=O) groups is 1. The molecule has 0 aromatic heterocycles. The first-order chi connectivity index (χ1) is 10.5. The number of nitrogens with one attached hydrogen (secondary N) is 1. The number of ether oxygens (including phenoxy) is 1. The molecular formula is C17H17F2NO2. The highest BCUT2D eigenvalue weighted by atomic mass is 19.1. The molecule has 0 radical (unpaired) electrons. The summed E-state index contributed by atoms with van der Waals surface area (Å²) in [5, 5.41) is 2.40. The van der Waals surface area contributed by atoms with Gasteiger partial charge in [0.15, 0.2) is 0 Å². The van der Waals surface area contributed by atoms with Crippen molar-refractivity contribution in [1.82, 2.24) is 0 Å². The largest absolute Gasteiger partial charge is 0.493 e. The minimum absolute atomic E-state index is 0.0634. The number of rotatable bonds is 5. The Morgan fingerprint density at radius 3 is 2.41 bits per heavy atom. The van der Waals surface area contributed by atoms with Gasteiger partial charge in [-0.2, -0.15) is 0 Å². The maximum Gasteiger partial charge on any atom is 0.255 e. The van der Waals surface area contributed by atoms with Gasteiger partial charge >= 0.3 is 0 Å². The van der Waals surface area contributed by atoms with Gasteiger partial charge in [0.05, 0.1) is 12.3 Å². The highest BCUT2D eigenvalue weighted by Gasteiger charge is 2.10. The van der Waals surface area contributed by atoms with Crippen LogP contribution in [0.25, 0.3) is 0 Å². The predicted molar refractivity (Wildman–Crippen MR) is 81.1 cm³/mol. The Morgan fingerprint density at radius 1 is 1.14 bits per heavy atom. The molecular weight excluding hydrogens is 288 g/mol. The quantitative estimate of drug-likeness (QED) is 0.896. The molecule has 22 heavy (non-hydrogen) atoms. The Morgan fingerprint density at radius 2 is 1.82 bits per heavy atom. The zero-order chi connectivity index (χ0) is 16.1. The second-order valence-corrected chi connectivity index (χ2v) is 5.31. The first-order valence-electron chi connectivity index (χ1n) is 6.95. The SMILES string of the molecule is CC(C)COc1ccc(C(=O)Nc2ccc(F)cc2F)cc1. The van der Waals surface area contributed by atoms with Crippen molar-refractivity contribution in [2.45, 2.75) is 13.8 Å². The lowest BCUT2D eigenvalue weighted by Gasteiger charge is -2.10. The van der Waals surface area contributed by atoms with E-state index >= 15 is 0 Å². The molecule has 116 valence electrons. The number of anilines is 1. The average molecular weight is 305 g/mol. The summed E-state index contributed by atoms with van der Waals surface area (Å²) in [5.74, 6) is -0.907. The first kappa shape index (κ1) is 15.9. The molecule has 0 aliphatic heterocycles. The van der Waals surface area contributed by atoms with E-state index in [9.17, 15) is 13.6 Å². The van der Waals surface area contributed by atoms with Crippen molar-refractivity contribution in [2.75, 3.05) is 11.9 Å². The zero-order valence-electron chi connectivity index (χ0n) is 12.4. The van der Waals surface area contributed by atoms with Crippen LogP contribution in [-0.4, -0.2) is 12.5 Å². The summed E-state index contributed by atoms with van der Waals surface area (Å²) in [6.45, 7) is 4.67. The first-order valence-corrected chi connectivity index (χ1v) is 6.95. The molecule has 0 heterocycles. The summed E-state index contributed by atoms with van der Waals surface area (Å²) in [6.07, 6.45) is 0. The molecule has 1 amide bonds. The van der Waals surface area contributed by atoms with Gasteiger partial charge < -0.3 is 10.1 Å². The average Bonchev–Trinajstić information content (AvgIpc) is 2.48. The Bertz CT molecular complexity index is 654. The van der Waals surface area contributed by atoms with E-state index in [-0.39, 0.29) is 5.69 Å². The molecule has 0 bridgehead atoms. The van der Waals surface area contributed by atoms with Crippen LogP contribution in [0.2, 0.25) is 0 Å². The maximum absolute atomic E-state index is 13.5. The maximum atomic E-state index is 13.5. The van der Waals surface area contributed by atoms with Crippen molar-refractivity contribution in [1.29, 1.82) is 0 Å².